The first-order valence-electron chi connectivity index (χ1n) is 10.1. The minimum atomic E-state index is -1.67. The molecule has 6 unspecified atom stereocenters. The lowest BCUT2D eigenvalue weighted by Crippen LogP contribution is -2.69. The van der Waals surface area contributed by atoms with Crippen LogP contribution in [0.15, 0.2) is 30.3 Å². The average molecular weight is 453 g/mol. The van der Waals surface area contributed by atoms with E-state index in [0.29, 0.717) is 0 Å². The van der Waals surface area contributed by atoms with Crippen LogP contribution in [0.1, 0.15) is 37.8 Å². The number of aliphatic hydroxyl groups is 3. The molecule has 3 aliphatic rings. The van der Waals surface area contributed by atoms with Crippen LogP contribution in [0.5, 0.6) is 17.2 Å². The van der Waals surface area contributed by atoms with Crippen molar-refractivity contribution in [2.45, 2.75) is 36.3 Å². The van der Waals surface area contributed by atoms with Gasteiger partial charge in [0.05, 0.1) is 29.3 Å². The molecule has 33 heavy (non-hydrogen) atoms. The number of ether oxygens (including phenoxy) is 2. The molecule has 0 saturated heterocycles. The molecule has 2 heterocycles. The quantitative estimate of drug-likeness (QED) is 0.335. The highest BCUT2D eigenvalue weighted by Crippen LogP contribution is 2.50. The summed E-state index contributed by atoms with van der Waals surface area (Å²) >= 11 is 0. The number of fused-ring (bicyclic) bond motifs is 4. The number of benzene rings is 2. The number of hydrogen-bond donors (Lipinski definition) is 6. The smallest absolute Gasteiger partial charge is 0.255 e. The van der Waals surface area contributed by atoms with Crippen molar-refractivity contribution < 1.29 is 39.5 Å². The van der Waals surface area contributed by atoms with Crippen molar-refractivity contribution in [3.05, 3.63) is 52.6 Å². The largest absolute Gasteiger partial charge is 0.504 e. The van der Waals surface area contributed by atoms with Crippen molar-refractivity contribution >= 4 is 11.8 Å². The predicted octanol–water partition coefficient (Wildman–Crippen LogP) is -0.917. The molecule has 5 rings (SSSR count). The summed E-state index contributed by atoms with van der Waals surface area (Å²) in [5.74, 6) is -2.58. The Morgan fingerprint density at radius 3 is 2.70 bits per heavy atom. The van der Waals surface area contributed by atoms with E-state index in [0.717, 1.165) is 0 Å². The molecular weight excluding hydrogens is 434 g/mol. The summed E-state index contributed by atoms with van der Waals surface area (Å²) in [6, 6.07) is 7.04. The van der Waals surface area contributed by atoms with E-state index in [4.69, 9.17) is 14.7 Å². The van der Waals surface area contributed by atoms with Gasteiger partial charge in [-0.3, -0.25) is 9.59 Å². The Kier molecular flexibility index (Phi) is 4.86. The number of phenols is 1. The molecule has 2 aromatic rings. The van der Waals surface area contributed by atoms with Crippen molar-refractivity contribution in [1.29, 1.82) is 5.26 Å². The van der Waals surface area contributed by atoms with Crippen LogP contribution in [-0.2, 0) is 0 Å². The zero-order valence-electron chi connectivity index (χ0n) is 16.9. The van der Waals surface area contributed by atoms with Crippen molar-refractivity contribution in [2.24, 2.45) is 0 Å². The van der Waals surface area contributed by atoms with Gasteiger partial charge in [-0.25, -0.2) is 0 Å². The van der Waals surface area contributed by atoms with Crippen molar-refractivity contribution in [3.8, 4) is 23.3 Å². The van der Waals surface area contributed by atoms with Crippen LogP contribution >= 0.6 is 0 Å². The fourth-order valence-electron chi connectivity index (χ4n) is 4.75. The Labute approximate surface area is 186 Å². The summed E-state index contributed by atoms with van der Waals surface area (Å²) < 4.78 is 10.6. The number of nitrogens with zero attached hydrogens (tertiary/aromatic N) is 1. The molecule has 2 aliphatic heterocycles. The van der Waals surface area contributed by atoms with Gasteiger partial charge in [-0.05, 0) is 29.8 Å². The van der Waals surface area contributed by atoms with Gasteiger partial charge in [0, 0.05) is 11.5 Å². The molecule has 0 bridgehead atoms. The van der Waals surface area contributed by atoms with Gasteiger partial charge < -0.3 is 40.5 Å². The van der Waals surface area contributed by atoms with Crippen LogP contribution < -0.4 is 20.1 Å². The second-order valence-corrected chi connectivity index (χ2v) is 8.11. The topological polar surface area (TPSA) is 181 Å². The molecule has 2 aromatic carbocycles. The Morgan fingerprint density at radius 1 is 1.15 bits per heavy atom. The molecule has 0 aromatic heterocycles. The van der Waals surface area contributed by atoms with Gasteiger partial charge in [0.2, 0.25) is 12.5 Å². The van der Waals surface area contributed by atoms with Gasteiger partial charge in [0.1, 0.15) is 18.3 Å². The number of nitrogens with one attached hydrogen (secondary N) is 2. The van der Waals surface area contributed by atoms with E-state index in [1.54, 1.807) is 0 Å². The molecule has 0 radical (unpaired) electrons. The maximum Gasteiger partial charge on any atom is 0.255 e. The Balaban J connectivity index is 1.59. The van der Waals surface area contributed by atoms with Crippen molar-refractivity contribution in [1.82, 2.24) is 10.6 Å². The van der Waals surface area contributed by atoms with Gasteiger partial charge in [-0.1, -0.05) is 6.07 Å². The maximum absolute atomic E-state index is 13.0. The molecule has 1 fully saturated rings. The van der Waals surface area contributed by atoms with Crippen LogP contribution in [0.4, 0.5) is 0 Å². The summed E-state index contributed by atoms with van der Waals surface area (Å²) in [5, 5.41) is 56.8. The molecule has 11 nitrogen and oxygen atoms in total. The van der Waals surface area contributed by atoms with Gasteiger partial charge in [0.25, 0.3) is 11.8 Å². The summed E-state index contributed by atoms with van der Waals surface area (Å²) in [4.78, 5) is 25.7. The zero-order chi connectivity index (χ0) is 23.4. The fraction of sp³-hybridized carbons (Fsp3) is 0.318. The van der Waals surface area contributed by atoms with Crippen molar-refractivity contribution in [2.75, 3.05) is 6.79 Å². The molecule has 2 amide bonds. The second kappa shape index (κ2) is 7.63. The molecule has 1 saturated carbocycles. The lowest BCUT2D eigenvalue weighted by molar-refractivity contribution is -0.117. The lowest BCUT2D eigenvalue weighted by Gasteiger charge is -2.49. The standard InChI is InChI=1S/C22H19N3O8/c23-6-8-2-1-3-9(4-8)21(30)24-14-12-10-5-11-20(33-7-32-11)16(26)13(10)22(31)25-15(12)18(28)19(29)17(14)27/h1-5,12,14-15,17-19,26-29H,7H2,(H,24,30)(H,25,31). The van der Waals surface area contributed by atoms with E-state index < -0.39 is 53.9 Å². The number of nitriles is 1. The lowest BCUT2D eigenvalue weighted by atomic mass is 9.68. The first-order valence-corrected chi connectivity index (χ1v) is 10.1. The summed E-state index contributed by atoms with van der Waals surface area (Å²) in [7, 11) is 0. The fourth-order valence-corrected chi connectivity index (χ4v) is 4.75. The number of hydrogen-bond acceptors (Lipinski definition) is 9. The highest BCUT2D eigenvalue weighted by atomic mass is 16.7. The minimum Gasteiger partial charge on any atom is -0.504 e. The minimum absolute atomic E-state index is 0.00630. The summed E-state index contributed by atoms with van der Waals surface area (Å²) in [6.07, 6.45) is -4.84. The van der Waals surface area contributed by atoms with E-state index in [1.807, 2.05) is 6.07 Å². The highest BCUT2D eigenvalue weighted by molar-refractivity contribution is 6.02. The normalized spacial score (nSPS) is 29.3. The Morgan fingerprint density at radius 2 is 1.94 bits per heavy atom. The highest BCUT2D eigenvalue weighted by Gasteiger charge is 2.54. The first kappa shape index (κ1) is 21.0. The second-order valence-electron chi connectivity index (χ2n) is 8.11. The number of carbonyl (C=O) groups is 2. The maximum atomic E-state index is 13.0. The van der Waals surface area contributed by atoms with E-state index in [1.165, 1.54) is 30.3 Å². The molecule has 11 heteroatoms. The van der Waals surface area contributed by atoms with Crippen LogP contribution in [0.3, 0.4) is 0 Å². The summed E-state index contributed by atoms with van der Waals surface area (Å²) in [6.45, 7) is -0.166. The number of amides is 2. The van der Waals surface area contributed by atoms with E-state index in [2.05, 4.69) is 10.6 Å². The van der Waals surface area contributed by atoms with Gasteiger partial charge in [-0.15, -0.1) is 0 Å². The third-order valence-corrected chi connectivity index (χ3v) is 6.31. The summed E-state index contributed by atoms with van der Waals surface area (Å²) in [5.41, 5.74) is 0.480. The predicted molar refractivity (Wildman–Crippen MR) is 109 cm³/mol. The first-order chi connectivity index (χ1) is 15.8. The molecule has 6 N–H and O–H groups in total. The molecule has 170 valence electrons. The Bertz CT molecular complexity index is 1210. The van der Waals surface area contributed by atoms with Gasteiger partial charge in [-0.2, -0.15) is 5.26 Å². The number of aromatic hydroxyl groups is 1. The van der Waals surface area contributed by atoms with Crippen LogP contribution in [0.2, 0.25) is 0 Å². The zero-order valence-corrected chi connectivity index (χ0v) is 16.9. The average Bonchev–Trinajstić information content (AvgIpc) is 3.29. The van der Waals surface area contributed by atoms with E-state index in [9.17, 15) is 30.0 Å². The molecule has 1 aliphatic carbocycles. The molecule has 0 spiro atoms. The Hall–Kier alpha value is -3.85. The number of aliphatic hydroxyl groups excluding tert-OH is 3. The third kappa shape index (κ3) is 3.15. The van der Waals surface area contributed by atoms with Gasteiger partial charge in [0.15, 0.2) is 11.5 Å². The monoisotopic (exact) mass is 453 g/mol. The van der Waals surface area contributed by atoms with Crippen LogP contribution in [-0.4, -0.2) is 69.4 Å². The molecule has 6 atom stereocenters. The van der Waals surface area contributed by atoms with Crippen LogP contribution in [0, 0.1) is 11.3 Å². The number of carbonyl (C=O) groups excluding carboxylic acids is 2. The SMILES string of the molecule is N#Cc1cccc(C(=O)NC2C(O)C(O)C(O)C3NC(=O)c4c(cc5c(c4O)OCO5)C23)c1. The number of rotatable bonds is 2. The van der Waals surface area contributed by atoms with E-state index in [-0.39, 0.29) is 40.5 Å². The number of phenolic OH excluding ortho intramolecular Hbond substituents is 1. The van der Waals surface area contributed by atoms with Crippen molar-refractivity contribution in [3.63, 3.8) is 0 Å². The van der Waals surface area contributed by atoms with E-state index >= 15 is 0 Å². The van der Waals surface area contributed by atoms with Gasteiger partial charge >= 0.3 is 0 Å². The van der Waals surface area contributed by atoms with Crippen LogP contribution in [0.25, 0.3) is 0 Å². The molecular formula is C22H19N3O8. The third-order valence-electron chi connectivity index (χ3n) is 6.31.